The van der Waals surface area contributed by atoms with Crippen molar-refractivity contribution in [1.82, 2.24) is 4.90 Å². The number of aliphatic hydroxyl groups is 1. The van der Waals surface area contributed by atoms with E-state index in [1.54, 1.807) is 0 Å². The van der Waals surface area contributed by atoms with Gasteiger partial charge >= 0.3 is 0 Å². The molecule has 1 aliphatic heterocycles. The van der Waals surface area contributed by atoms with E-state index in [-0.39, 0.29) is 11.9 Å². The third-order valence-electron chi connectivity index (χ3n) is 3.45. The largest absolute Gasteiger partial charge is 0.351 e. The smallest absolute Gasteiger partial charge is 0.240 e. The SMILES string of the molecule is O=C(CCCCBr)N1C(O)OC[C@@H]1Cc1ccccc1. The van der Waals surface area contributed by atoms with Crippen molar-refractivity contribution >= 4 is 21.8 Å². The second kappa shape index (κ2) is 7.76. The lowest BCUT2D eigenvalue weighted by Crippen LogP contribution is -2.42. The summed E-state index contributed by atoms with van der Waals surface area (Å²) in [6.45, 7) is 0.389. The number of amides is 1. The van der Waals surface area contributed by atoms with Gasteiger partial charge in [0.05, 0.1) is 12.6 Å². The first-order chi connectivity index (χ1) is 9.72. The predicted molar refractivity (Wildman–Crippen MR) is 80.4 cm³/mol. The number of hydrogen-bond donors (Lipinski definition) is 1. The molecule has 1 aromatic rings. The molecule has 2 atom stereocenters. The van der Waals surface area contributed by atoms with Gasteiger partial charge in [-0.1, -0.05) is 46.3 Å². The molecule has 1 aromatic carbocycles. The van der Waals surface area contributed by atoms with Crippen molar-refractivity contribution in [3.05, 3.63) is 35.9 Å². The van der Waals surface area contributed by atoms with Crippen LogP contribution in [0.1, 0.15) is 24.8 Å². The van der Waals surface area contributed by atoms with Gasteiger partial charge in [-0.3, -0.25) is 9.69 Å². The number of rotatable bonds is 6. The molecule has 5 heteroatoms. The van der Waals surface area contributed by atoms with Crippen LogP contribution >= 0.6 is 15.9 Å². The number of carbonyl (C=O) groups is 1. The standard InChI is InChI=1S/C15H20BrNO3/c16-9-5-4-8-14(18)17-13(11-20-15(17)19)10-12-6-2-1-3-7-12/h1-3,6-7,13,15,19H,4-5,8-11H2/t13-,15?/m0/s1. The second-order valence-electron chi connectivity index (χ2n) is 4.95. The number of alkyl halides is 1. The van der Waals surface area contributed by atoms with E-state index in [0.29, 0.717) is 19.4 Å². The van der Waals surface area contributed by atoms with E-state index < -0.39 is 6.41 Å². The number of nitrogens with zero attached hydrogens (tertiary/aromatic N) is 1. The highest BCUT2D eigenvalue weighted by atomic mass is 79.9. The lowest BCUT2D eigenvalue weighted by atomic mass is 10.1. The topological polar surface area (TPSA) is 49.8 Å². The zero-order valence-corrected chi connectivity index (χ0v) is 13.0. The minimum Gasteiger partial charge on any atom is -0.351 e. The molecule has 1 aliphatic rings. The summed E-state index contributed by atoms with van der Waals surface area (Å²) in [7, 11) is 0. The van der Waals surface area contributed by atoms with Crippen LogP contribution in [0.15, 0.2) is 30.3 Å². The molecular weight excluding hydrogens is 322 g/mol. The van der Waals surface area contributed by atoms with Gasteiger partial charge in [0.1, 0.15) is 0 Å². The molecule has 20 heavy (non-hydrogen) atoms. The fourth-order valence-electron chi connectivity index (χ4n) is 2.41. The number of aliphatic hydroxyl groups excluding tert-OH is 1. The molecule has 0 saturated carbocycles. The number of ether oxygens (including phenoxy) is 1. The van der Waals surface area contributed by atoms with Crippen LogP contribution in [0.2, 0.25) is 0 Å². The summed E-state index contributed by atoms with van der Waals surface area (Å²) in [5.41, 5.74) is 1.15. The zero-order valence-electron chi connectivity index (χ0n) is 11.4. The van der Waals surface area contributed by atoms with Crippen molar-refractivity contribution in [3.63, 3.8) is 0 Å². The van der Waals surface area contributed by atoms with E-state index in [0.717, 1.165) is 23.7 Å². The Hall–Kier alpha value is -0.910. The van der Waals surface area contributed by atoms with Crippen molar-refractivity contribution in [2.75, 3.05) is 11.9 Å². The molecule has 0 aromatic heterocycles. The minimum absolute atomic E-state index is 0.0307. The van der Waals surface area contributed by atoms with Gasteiger partial charge in [0.25, 0.3) is 0 Å². The number of carbonyl (C=O) groups excluding carboxylic acids is 1. The molecule has 1 fully saturated rings. The molecule has 0 spiro atoms. The maximum atomic E-state index is 12.2. The Kier molecular flexibility index (Phi) is 6.01. The highest BCUT2D eigenvalue weighted by Gasteiger charge is 2.36. The van der Waals surface area contributed by atoms with Gasteiger partial charge in [-0.05, 0) is 24.8 Å². The number of unbranched alkanes of at least 4 members (excludes halogenated alkanes) is 1. The normalized spacial score (nSPS) is 22.2. The monoisotopic (exact) mass is 341 g/mol. The van der Waals surface area contributed by atoms with Gasteiger partial charge in [-0.2, -0.15) is 0 Å². The quantitative estimate of drug-likeness (QED) is 0.638. The summed E-state index contributed by atoms with van der Waals surface area (Å²) in [6.07, 6.45) is 1.85. The van der Waals surface area contributed by atoms with Gasteiger partial charge in [0.2, 0.25) is 12.3 Å². The van der Waals surface area contributed by atoms with Gasteiger partial charge in [0, 0.05) is 11.8 Å². The molecular formula is C15H20BrNO3. The van der Waals surface area contributed by atoms with Crippen molar-refractivity contribution in [1.29, 1.82) is 0 Å². The summed E-state index contributed by atoms with van der Waals surface area (Å²) >= 11 is 3.35. The molecule has 4 nitrogen and oxygen atoms in total. The Morgan fingerprint density at radius 1 is 1.35 bits per heavy atom. The van der Waals surface area contributed by atoms with Crippen LogP contribution in [0.4, 0.5) is 0 Å². The summed E-state index contributed by atoms with van der Waals surface area (Å²) < 4.78 is 5.23. The van der Waals surface area contributed by atoms with Gasteiger partial charge in [0.15, 0.2) is 0 Å². The van der Waals surface area contributed by atoms with Crippen molar-refractivity contribution < 1.29 is 14.6 Å². The van der Waals surface area contributed by atoms with Crippen molar-refractivity contribution in [2.24, 2.45) is 0 Å². The van der Waals surface area contributed by atoms with E-state index in [1.807, 2.05) is 30.3 Å². The molecule has 1 saturated heterocycles. The first kappa shape index (κ1) is 15.5. The second-order valence-corrected chi connectivity index (χ2v) is 5.74. The number of benzene rings is 1. The zero-order chi connectivity index (χ0) is 14.4. The highest BCUT2D eigenvalue weighted by Crippen LogP contribution is 2.21. The average Bonchev–Trinajstić information content (AvgIpc) is 2.81. The fraction of sp³-hybridized carbons (Fsp3) is 0.533. The molecule has 1 N–H and O–H groups in total. The van der Waals surface area contributed by atoms with Crippen LogP contribution in [0.25, 0.3) is 0 Å². The molecule has 1 unspecified atom stereocenters. The van der Waals surface area contributed by atoms with Gasteiger partial charge in [-0.25, -0.2) is 0 Å². The maximum Gasteiger partial charge on any atom is 0.240 e. The first-order valence-corrected chi connectivity index (χ1v) is 8.05. The third kappa shape index (κ3) is 4.04. The Morgan fingerprint density at radius 2 is 2.10 bits per heavy atom. The molecule has 0 bridgehead atoms. The van der Waals surface area contributed by atoms with Crippen LogP contribution in [0.3, 0.4) is 0 Å². The first-order valence-electron chi connectivity index (χ1n) is 6.93. The van der Waals surface area contributed by atoms with E-state index in [2.05, 4.69) is 15.9 Å². The maximum absolute atomic E-state index is 12.2. The van der Waals surface area contributed by atoms with Crippen molar-refractivity contribution in [2.45, 2.75) is 38.1 Å². The van der Waals surface area contributed by atoms with Crippen LogP contribution in [0, 0.1) is 0 Å². The lowest BCUT2D eigenvalue weighted by Gasteiger charge is -2.25. The van der Waals surface area contributed by atoms with Crippen LogP contribution in [0.5, 0.6) is 0 Å². The van der Waals surface area contributed by atoms with Crippen LogP contribution in [-0.2, 0) is 16.0 Å². The van der Waals surface area contributed by atoms with E-state index in [1.165, 1.54) is 4.90 Å². The van der Waals surface area contributed by atoms with Gasteiger partial charge < -0.3 is 9.84 Å². The predicted octanol–water partition coefficient (Wildman–Crippen LogP) is 2.30. The van der Waals surface area contributed by atoms with E-state index in [4.69, 9.17) is 4.74 Å². The Balaban J connectivity index is 1.95. The van der Waals surface area contributed by atoms with Gasteiger partial charge in [-0.15, -0.1) is 0 Å². The summed E-state index contributed by atoms with van der Waals surface area (Å²) in [4.78, 5) is 13.7. The minimum atomic E-state index is -1.10. The van der Waals surface area contributed by atoms with Crippen LogP contribution in [-0.4, -0.2) is 40.3 Å². The molecule has 110 valence electrons. The van der Waals surface area contributed by atoms with Crippen LogP contribution < -0.4 is 0 Å². The molecule has 0 radical (unpaired) electrons. The third-order valence-corrected chi connectivity index (χ3v) is 4.01. The average molecular weight is 342 g/mol. The Labute approximate surface area is 127 Å². The molecule has 0 aliphatic carbocycles. The number of halogens is 1. The van der Waals surface area contributed by atoms with Crippen molar-refractivity contribution in [3.8, 4) is 0 Å². The summed E-state index contributed by atoms with van der Waals surface area (Å²) in [6, 6.07) is 9.89. The Morgan fingerprint density at radius 3 is 2.80 bits per heavy atom. The molecule has 2 rings (SSSR count). The van der Waals surface area contributed by atoms with E-state index in [9.17, 15) is 9.90 Å². The Bertz CT molecular complexity index is 426. The molecule has 1 heterocycles. The summed E-state index contributed by atoms with van der Waals surface area (Å²) in [5.74, 6) is -0.0307. The lowest BCUT2D eigenvalue weighted by molar-refractivity contribution is -0.165. The molecule has 1 amide bonds. The highest BCUT2D eigenvalue weighted by molar-refractivity contribution is 9.09. The summed E-state index contributed by atoms with van der Waals surface area (Å²) in [5, 5.41) is 10.7. The van der Waals surface area contributed by atoms with E-state index >= 15 is 0 Å². The fourth-order valence-corrected chi connectivity index (χ4v) is 2.80. The number of hydrogen-bond acceptors (Lipinski definition) is 3.